The summed E-state index contributed by atoms with van der Waals surface area (Å²) in [6.07, 6.45) is 0. The number of nitrogens with one attached hydrogen (secondary N) is 1. The van der Waals surface area contributed by atoms with Gasteiger partial charge in [-0.25, -0.2) is 0 Å². The van der Waals surface area contributed by atoms with Gasteiger partial charge in [-0.05, 0) is 29.5 Å². The number of hydrogen-bond donors (Lipinski definition) is 1. The second-order valence-electron chi connectivity index (χ2n) is 2.47. The van der Waals surface area contributed by atoms with E-state index in [-0.39, 0.29) is 0 Å². The lowest BCUT2D eigenvalue weighted by atomic mass is 10.2. The number of benzene rings is 1. The van der Waals surface area contributed by atoms with Gasteiger partial charge in [-0.1, -0.05) is 15.9 Å². The molecule has 0 saturated heterocycles. The van der Waals surface area contributed by atoms with Gasteiger partial charge in [0.1, 0.15) is 0 Å². The van der Waals surface area contributed by atoms with Crippen LogP contribution in [0.4, 0.5) is 0 Å². The number of rotatable bonds is 0. The van der Waals surface area contributed by atoms with Crippen LogP contribution in [-0.4, -0.2) is 5.16 Å². The van der Waals surface area contributed by atoms with Crippen LogP contribution in [-0.2, 0) is 0 Å². The molecule has 0 unspecified atom stereocenters. The Morgan fingerprint density at radius 2 is 2.36 bits per heavy atom. The van der Waals surface area contributed by atoms with E-state index in [2.05, 4.69) is 9.79 Å². The van der Waals surface area contributed by atoms with Gasteiger partial charge in [-0.2, -0.15) is 0 Å². The van der Waals surface area contributed by atoms with Crippen LogP contribution in [0.3, 0.4) is 0 Å². The predicted molar refractivity (Wildman–Crippen MR) is 38.7 cm³/mol. The minimum absolute atomic E-state index is 0.453. The zero-order valence-corrected chi connectivity index (χ0v) is 6.00. The summed E-state index contributed by atoms with van der Waals surface area (Å²) in [5, 5.41) is 2.50. The van der Waals surface area contributed by atoms with Crippen molar-refractivity contribution in [1.82, 2.24) is 5.16 Å². The molecule has 11 heavy (non-hydrogen) atoms. The molecule has 0 atom stereocenters. The van der Waals surface area contributed by atoms with Crippen LogP contribution in [0.2, 0.25) is 0 Å². The number of aromatic amines is 1. The molecule has 4 nitrogen and oxygen atoms in total. The van der Waals surface area contributed by atoms with E-state index in [0.717, 1.165) is 11.1 Å². The first-order chi connectivity index (χ1) is 5.27. The first-order valence-electron chi connectivity index (χ1n) is 3.28. The molecule has 4 heteroatoms. The van der Waals surface area contributed by atoms with Crippen LogP contribution in [0.1, 0.15) is 5.56 Å². The van der Waals surface area contributed by atoms with Gasteiger partial charge in [0.15, 0.2) is 4.60 Å². The highest BCUT2D eigenvalue weighted by Crippen LogP contribution is 2.07. The van der Waals surface area contributed by atoms with Crippen LogP contribution in [0.25, 0.3) is 11.0 Å². The molecule has 2 rings (SSSR count). The maximum atomic E-state index is 10.8. The summed E-state index contributed by atoms with van der Waals surface area (Å²) < 4.78 is 4.96. The van der Waals surface area contributed by atoms with Crippen molar-refractivity contribution in [1.29, 1.82) is 0 Å². The van der Waals surface area contributed by atoms with Gasteiger partial charge in [0.2, 0.25) is 5.52 Å². The number of nitrogens with zero attached hydrogens (tertiary/aromatic N) is 1. The Balaban J connectivity index is 2.97. The van der Waals surface area contributed by atoms with Crippen molar-refractivity contribution in [2.75, 3.05) is 0 Å². The third-order valence-electron chi connectivity index (χ3n) is 1.59. The largest absolute Gasteiger partial charge is 0.272 e. The Bertz CT molecular complexity index is 441. The van der Waals surface area contributed by atoms with E-state index < -0.39 is 0 Å². The fourth-order valence-corrected chi connectivity index (χ4v) is 1.03. The maximum absolute atomic E-state index is 10.8. The van der Waals surface area contributed by atoms with Gasteiger partial charge in [0.25, 0.3) is 5.52 Å². The fraction of sp³-hybridized carbons (Fsp3) is 0.143. The fourth-order valence-electron chi connectivity index (χ4n) is 1.03. The Labute approximate surface area is 62.0 Å². The molecule has 0 aliphatic carbocycles. The number of fused-ring (bicyclic) bond motifs is 1. The van der Waals surface area contributed by atoms with Crippen molar-refractivity contribution in [2.45, 2.75) is 6.92 Å². The summed E-state index contributed by atoms with van der Waals surface area (Å²) in [7, 11) is 0. The average Bonchev–Trinajstić information content (AvgIpc) is 2.32. The van der Waals surface area contributed by atoms with Gasteiger partial charge >= 0.3 is 0 Å². The van der Waals surface area contributed by atoms with Crippen molar-refractivity contribution >= 4 is 11.0 Å². The summed E-state index contributed by atoms with van der Waals surface area (Å²) in [6.45, 7) is 1.95. The summed E-state index contributed by atoms with van der Waals surface area (Å²) in [4.78, 5) is 10.8. The van der Waals surface area contributed by atoms with E-state index in [4.69, 9.17) is 0 Å². The van der Waals surface area contributed by atoms with Crippen molar-refractivity contribution in [3.63, 3.8) is 0 Å². The van der Waals surface area contributed by atoms with E-state index in [9.17, 15) is 4.91 Å². The summed E-state index contributed by atoms with van der Waals surface area (Å²) in [5.41, 5.74) is 2.34. The summed E-state index contributed by atoms with van der Waals surface area (Å²) >= 11 is 0. The Morgan fingerprint density at radius 3 is 3.18 bits per heavy atom. The average molecular weight is 151 g/mol. The molecular weight excluding hydrogens is 144 g/mol. The Hall–Kier alpha value is -1.58. The quantitative estimate of drug-likeness (QED) is 0.610. The zero-order valence-electron chi connectivity index (χ0n) is 6.00. The van der Waals surface area contributed by atoms with Crippen molar-refractivity contribution < 1.29 is 9.23 Å². The maximum Gasteiger partial charge on any atom is 0.272 e. The lowest BCUT2D eigenvalue weighted by Crippen LogP contribution is -2.07. The molecule has 1 aromatic carbocycles. The van der Waals surface area contributed by atoms with Crippen LogP contribution >= 0.6 is 0 Å². The van der Waals surface area contributed by atoms with Gasteiger partial charge in [0.05, 0.1) is 0 Å². The molecule has 0 spiro atoms. The summed E-state index contributed by atoms with van der Waals surface area (Å²) in [5.74, 6) is 0. The first-order valence-corrected chi connectivity index (χ1v) is 3.28. The monoisotopic (exact) mass is 151 g/mol. The molecule has 0 amide bonds. The first kappa shape index (κ1) is 6.15. The van der Waals surface area contributed by atoms with E-state index in [1.54, 1.807) is 6.07 Å². The molecule has 0 aliphatic heterocycles. The van der Waals surface area contributed by atoms with Gasteiger partial charge in [0, 0.05) is 0 Å². The minimum atomic E-state index is 0.453. The van der Waals surface area contributed by atoms with Crippen molar-refractivity contribution in [3.05, 3.63) is 28.7 Å². The molecular formula is C7H7N2O2+. The van der Waals surface area contributed by atoms with Crippen LogP contribution in [0.5, 0.6) is 0 Å². The van der Waals surface area contributed by atoms with Crippen LogP contribution in [0, 0.1) is 11.8 Å². The predicted octanol–water partition coefficient (Wildman–Crippen LogP) is 0.984. The van der Waals surface area contributed by atoms with E-state index >= 15 is 0 Å². The topological polar surface area (TPSA) is 51.9 Å². The van der Waals surface area contributed by atoms with Gasteiger partial charge < -0.3 is 0 Å². The SMILES string of the molecule is Cc1ccc2c(c1)[nH]o[n+]2=O. The lowest BCUT2D eigenvalue weighted by Gasteiger charge is -1.82. The number of hydrogen-bond acceptors (Lipinski definition) is 2. The highest BCUT2D eigenvalue weighted by molar-refractivity contribution is 5.70. The number of aromatic nitrogens is 2. The summed E-state index contributed by atoms with van der Waals surface area (Å²) in [6, 6.07) is 5.44. The van der Waals surface area contributed by atoms with Gasteiger partial charge in [-0.15, -0.1) is 0 Å². The Morgan fingerprint density at radius 1 is 1.55 bits per heavy atom. The standard InChI is InChI=1S/C7H7N2O2/c1-5-2-3-7-6(4-5)8-11-9(7)10/h2-4,8H,1H3/q+1. The van der Waals surface area contributed by atoms with Crippen LogP contribution in [0.15, 0.2) is 22.8 Å². The smallest absolute Gasteiger partial charge is 0.0875 e. The second-order valence-corrected chi connectivity index (χ2v) is 2.47. The molecule has 1 N–H and O–H groups in total. The molecule has 2 aromatic rings. The van der Waals surface area contributed by atoms with Crippen molar-refractivity contribution in [2.24, 2.45) is 0 Å². The molecule has 0 radical (unpaired) electrons. The Kier molecular flexibility index (Phi) is 1.09. The van der Waals surface area contributed by atoms with E-state index in [1.165, 1.54) is 0 Å². The number of H-pyrrole nitrogens is 1. The normalized spacial score (nSPS) is 10.6. The van der Waals surface area contributed by atoms with Crippen molar-refractivity contribution in [3.8, 4) is 0 Å². The van der Waals surface area contributed by atoms with Gasteiger partial charge in [-0.3, -0.25) is 0 Å². The van der Waals surface area contributed by atoms with E-state index in [1.807, 2.05) is 19.1 Å². The van der Waals surface area contributed by atoms with Crippen LogP contribution < -0.4 is 4.60 Å². The molecule has 0 bridgehead atoms. The molecule has 56 valence electrons. The zero-order chi connectivity index (χ0) is 7.84. The third-order valence-corrected chi connectivity index (χ3v) is 1.59. The highest BCUT2D eigenvalue weighted by atomic mass is 16.7. The number of aryl methyl sites for hydroxylation is 1. The lowest BCUT2D eigenvalue weighted by molar-refractivity contribution is -0.692. The molecule has 1 aromatic heterocycles. The second kappa shape index (κ2) is 1.95. The molecule has 0 saturated carbocycles. The van der Waals surface area contributed by atoms with E-state index in [0.29, 0.717) is 10.1 Å². The third kappa shape index (κ3) is 0.832. The molecule has 0 aliphatic rings. The molecule has 0 fully saturated rings. The molecule has 1 heterocycles. The minimum Gasteiger partial charge on any atom is -0.0875 e. The highest BCUT2D eigenvalue weighted by Gasteiger charge is 2.07.